The fourth-order valence-corrected chi connectivity index (χ4v) is 0.822. The molecule has 1 unspecified atom stereocenters. The first kappa shape index (κ1) is 7.75. The molecule has 3 heteroatoms. The third-order valence-corrected chi connectivity index (χ3v) is 1.38. The lowest BCUT2D eigenvalue weighted by Gasteiger charge is -2.02. The van der Waals surface area contributed by atoms with Gasteiger partial charge in [0.1, 0.15) is 6.10 Å². The zero-order valence-electron chi connectivity index (χ0n) is 5.90. The number of aliphatic hydroxyl groups is 1. The number of anilines is 1. The van der Waals surface area contributed by atoms with Gasteiger partial charge in [-0.1, -0.05) is 12.1 Å². The number of aliphatic hydroxyl groups excluding tert-OH is 1. The fraction of sp³-hybridized carbons (Fsp3) is 0.125. The first-order chi connectivity index (χ1) is 5.24. The monoisotopic (exact) mass is 151 g/mol. The SMILES string of the molecule is Nc1cccc(C(O)C=O)c1. The molecule has 0 aromatic heterocycles. The first-order valence-electron chi connectivity index (χ1n) is 3.23. The van der Waals surface area contributed by atoms with E-state index >= 15 is 0 Å². The Morgan fingerprint density at radius 2 is 2.27 bits per heavy atom. The van der Waals surface area contributed by atoms with Gasteiger partial charge in [-0.15, -0.1) is 0 Å². The second-order valence-electron chi connectivity index (χ2n) is 2.25. The molecule has 0 amide bonds. The van der Waals surface area contributed by atoms with Gasteiger partial charge >= 0.3 is 0 Å². The van der Waals surface area contributed by atoms with Crippen LogP contribution in [0.2, 0.25) is 0 Å². The summed E-state index contributed by atoms with van der Waals surface area (Å²) in [5, 5.41) is 9.03. The summed E-state index contributed by atoms with van der Waals surface area (Å²) < 4.78 is 0. The number of carbonyl (C=O) groups is 1. The normalized spacial score (nSPS) is 12.5. The summed E-state index contributed by atoms with van der Waals surface area (Å²) >= 11 is 0. The number of hydrogen-bond donors (Lipinski definition) is 2. The van der Waals surface area contributed by atoms with Crippen molar-refractivity contribution in [3.63, 3.8) is 0 Å². The molecule has 0 fully saturated rings. The number of nitrogen functional groups attached to an aromatic ring is 1. The Kier molecular flexibility index (Phi) is 2.23. The van der Waals surface area contributed by atoms with Crippen LogP contribution in [0.1, 0.15) is 11.7 Å². The lowest BCUT2D eigenvalue weighted by atomic mass is 10.1. The Bertz CT molecular complexity index is 260. The van der Waals surface area contributed by atoms with Crippen LogP contribution in [-0.2, 0) is 4.79 Å². The molecule has 0 aliphatic rings. The lowest BCUT2D eigenvalue weighted by Crippen LogP contribution is -1.98. The van der Waals surface area contributed by atoms with Gasteiger partial charge in [-0.2, -0.15) is 0 Å². The summed E-state index contributed by atoms with van der Waals surface area (Å²) in [7, 11) is 0. The molecule has 1 rings (SSSR count). The van der Waals surface area contributed by atoms with Crippen molar-refractivity contribution in [2.24, 2.45) is 0 Å². The van der Waals surface area contributed by atoms with Crippen LogP contribution in [0, 0.1) is 0 Å². The van der Waals surface area contributed by atoms with Gasteiger partial charge in [-0.05, 0) is 17.7 Å². The Morgan fingerprint density at radius 1 is 1.55 bits per heavy atom. The average Bonchev–Trinajstić information content (AvgIpc) is 2.03. The van der Waals surface area contributed by atoms with E-state index in [0.29, 0.717) is 17.5 Å². The van der Waals surface area contributed by atoms with Gasteiger partial charge in [0.2, 0.25) is 0 Å². The molecule has 1 aromatic carbocycles. The third kappa shape index (κ3) is 1.78. The number of benzene rings is 1. The Labute approximate surface area is 64.5 Å². The van der Waals surface area contributed by atoms with Crippen LogP contribution in [0.15, 0.2) is 24.3 Å². The standard InChI is InChI=1S/C8H9NO2/c9-7-3-1-2-6(4-7)8(11)5-10/h1-5,8,11H,9H2. The highest BCUT2D eigenvalue weighted by Gasteiger charge is 2.03. The van der Waals surface area contributed by atoms with Gasteiger partial charge in [0.15, 0.2) is 6.29 Å². The van der Waals surface area contributed by atoms with Gasteiger partial charge in [0, 0.05) is 5.69 Å². The molecule has 1 atom stereocenters. The summed E-state index contributed by atoms with van der Waals surface area (Å²) in [4.78, 5) is 10.1. The van der Waals surface area contributed by atoms with Gasteiger partial charge in [0.05, 0.1) is 0 Å². The highest BCUT2D eigenvalue weighted by molar-refractivity contribution is 5.60. The van der Waals surface area contributed by atoms with E-state index in [0.717, 1.165) is 0 Å². The summed E-state index contributed by atoms with van der Waals surface area (Å²) in [6.07, 6.45) is -0.590. The molecule has 58 valence electrons. The molecule has 3 N–H and O–H groups in total. The molecule has 0 saturated carbocycles. The minimum absolute atomic E-state index is 0.467. The smallest absolute Gasteiger partial charge is 0.153 e. The Morgan fingerprint density at radius 3 is 2.82 bits per heavy atom. The van der Waals surface area contributed by atoms with Crippen LogP contribution < -0.4 is 5.73 Å². The van der Waals surface area contributed by atoms with Crippen LogP contribution in [0.25, 0.3) is 0 Å². The maximum absolute atomic E-state index is 10.1. The van der Waals surface area contributed by atoms with E-state index in [1.807, 2.05) is 0 Å². The molecular weight excluding hydrogens is 142 g/mol. The molecule has 0 saturated heterocycles. The zero-order chi connectivity index (χ0) is 8.27. The number of aldehydes is 1. The van der Waals surface area contributed by atoms with E-state index in [2.05, 4.69) is 0 Å². The highest BCUT2D eigenvalue weighted by atomic mass is 16.3. The molecule has 0 radical (unpaired) electrons. The predicted molar refractivity (Wildman–Crippen MR) is 41.9 cm³/mol. The second-order valence-corrected chi connectivity index (χ2v) is 2.25. The van der Waals surface area contributed by atoms with E-state index in [1.165, 1.54) is 0 Å². The number of nitrogens with two attached hydrogens (primary N) is 1. The molecule has 11 heavy (non-hydrogen) atoms. The van der Waals surface area contributed by atoms with Crippen LogP contribution >= 0.6 is 0 Å². The minimum atomic E-state index is -1.06. The quantitative estimate of drug-likeness (QED) is 0.478. The van der Waals surface area contributed by atoms with E-state index in [1.54, 1.807) is 24.3 Å². The highest BCUT2D eigenvalue weighted by Crippen LogP contribution is 2.13. The number of rotatable bonds is 2. The van der Waals surface area contributed by atoms with Crippen molar-refractivity contribution < 1.29 is 9.90 Å². The van der Waals surface area contributed by atoms with Crippen molar-refractivity contribution >= 4 is 12.0 Å². The second kappa shape index (κ2) is 3.16. The zero-order valence-corrected chi connectivity index (χ0v) is 5.90. The van der Waals surface area contributed by atoms with Gasteiger partial charge in [-0.3, -0.25) is 0 Å². The Hall–Kier alpha value is -1.35. The van der Waals surface area contributed by atoms with Crippen molar-refractivity contribution in [2.75, 3.05) is 5.73 Å². The molecule has 0 spiro atoms. The lowest BCUT2D eigenvalue weighted by molar-refractivity contribution is -0.115. The number of carbonyl (C=O) groups excluding carboxylic acids is 1. The van der Waals surface area contributed by atoms with Crippen molar-refractivity contribution in [1.29, 1.82) is 0 Å². The predicted octanol–water partition coefficient (Wildman–Crippen LogP) is 0.501. The topological polar surface area (TPSA) is 63.3 Å². The minimum Gasteiger partial charge on any atom is -0.399 e. The van der Waals surface area contributed by atoms with E-state index in [9.17, 15) is 4.79 Å². The van der Waals surface area contributed by atoms with Gasteiger partial charge in [0.25, 0.3) is 0 Å². The third-order valence-electron chi connectivity index (χ3n) is 1.38. The number of hydrogen-bond acceptors (Lipinski definition) is 3. The summed E-state index contributed by atoms with van der Waals surface area (Å²) in [6, 6.07) is 6.60. The van der Waals surface area contributed by atoms with E-state index in [-0.39, 0.29) is 0 Å². The van der Waals surface area contributed by atoms with Crippen molar-refractivity contribution in [2.45, 2.75) is 6.10 Å². The van der Waals surface area contributed by atoms with E-state index in [4.69, 9.17) is 10.8 Å². The average molecular weight is 151 g/mol. The van der Waals surface area contributed by atoms with Crippen LogP contribution in [0.5, 0.6) is 0 Å². The maximum atomic E-state index is 10.1. The summed E-state index contributed by atoms with van der Waals surface area (Å²) in [5.74, 6) is 0. The summed E-state index contributed by atoms with van der Waals surface area (Å²) in [5.41, 5.74) is 6.50. The maximum Gasteiger partial charge on any atom is 0.153 e. The molecule has 3 nitrogen and oxygen atoms in total. The molecule has 0 aliphatic carbocycles. The molecule has 0 heterocycles. The van der Waals surface area contributed by atoms with Crippen molar-refractivity contribution in [3.8, 4) is 0 Å². The molecule has 0 aliphatic heterocycles. The van der Waals surface area contributed by atoms with Gasteiger partial charge in [-0.25, -0.2) is 0 Å². The van der Waals surface area contributed by atoms with E-state index < -0.39 is 6.10 Å². The molecule has 0 bridgehead atoms. The van der Waals surface area contributed by atoms with Crippen LogP contribution in [0.4, 0.5) is 5.69 Å². The molecule has 1 aromatic rings. The van der Waals surface area contributed by atoms with Crippen molar-refractivity contribution in [1.82, 2.24) is 0 Å². The summed E-state index contributed by atoms with van der Waals surface area (Å²) in [6.45, 7) is 0. The van der Waals surface area contributed by atoms with Gasteiger partial charge < -0.3 is 15.6 Å². The largest absolute Gasteiger partial charge is 0.399 e. The van der Waals surface area contributed by atoms with Crippen molar-refractivity contribution in [3.05, 3.63) is 29.8 Å². The fourth-order valence-electron chi connectivity index (χ4n) is 0.822. The Balaban J connectivity index is 2.95. The first-order valence-corrected chi connectivity index (χ1v) is 3.23. The van der Waals surface area contributed by atoms with Crippen LogP contribution in [0.3, 0.4) is 0 Å². The molecular formula is C8H9NO2. The van der Waals surface area contributed by atoms with Crippen LogP contribution in [-0.4, -0.2) is 11.4 Å².